The molecule has 5 heteroatoms. The van der Waals surface area contributed by atoms with E-state index in [1.54, 1.807) is 32.2 Å². The summed E-state index contributed by atoms with van der Waals surface area (Å²) in [6.45, 7) is 1.92. The van der Waals surface area contributed by atoms with Crippen LogP contribution in [0, 0.1) is 6.92 Å². The largest absolute Gasteiger partial charge is 0.496 e. The minimum atomic E-state index is 0.809. The molecule has 0 radical (unpaired) electrons. The molecule has 1 aromatic heterocycles. The normalized spacial score (nSPS) is 10.4. The molecule has 0 fully saturated rings. The Morgan fingerprint density at radius 3 is 2.39 bits per heavy atom. The van der Waals surface area contributed by atoms with E-state index in [9.17, 15) is 0 Å². The number of nitrogens with zero attached hydrogens (tertiary/aromatic N) is 1. The minimum absolute atomic E-state index is 0.809. The van der Waals surface area contributed by atoms with E-state index < -0.39 is 0 Å². The molecule has 96 valence electrons. The summed E-state index contributed by atoms with van der Waals surface area (Å²) >= 11 is 1.63. The Morgan fingerprint density at radius 2 is 1.89 bits per heavy atom. The first-order valence-corrected chi connectivity index (χ1v) is 6.74. The Labute approximate surface area is 111 Å². The van der Waals surface area contributed by atoms with Crippen LogP contribution >= 0.6 is 11.8 Å². The highest BCUT2D eigenvalue weighted by atomic mass is 32.2. The van der Waals surface area contributed by atoms with Crippen molar-refractivity contribution in [2.45, 2.75) is 11.8 Å². The molecule has 2 rings (SSSR count). The van der Waals surface area contributed by atoms with E-state index in [0.717, 1.165) is 33.5 Å². The molecule has 0 saturated carbocycles. The van der Waals surface area contributed by atoms with Crippen LogP contribution in [0.15, 0.2) is 23.2 Å². The maximum Gasteiger partial charge on any atom is 0.133 e. The summed E-state index contributed by atoms with van der Waals surface area (Å²) in [5.74, 6) is 2.52. The van der Waals surface area contributed by atoms with Crippen molar-refractivity contribution in [3.05, 3.63) is 24.2 Å². The second kappa shape index (κ2) is 5.35. The Balaban J connectivity index is 2.58. The van der Waals surface area contributed by atoms with E-state index in [2.05, 4.69) is 9.97 Å². The standard InChI is InChI=1S/C13H16N2O2S/c1-8-14-7-10(15-8)9-5-12(17-3)13(18-4)6-11(9)16-2/h5-7H,1-4H3,(H,14,15). The molecule has 0 aliphatic rings. The predicted octanol–water partition coefficient (Wildman–Crippen LogP) is 3.12. The first kappa shape index (κ1) is 12.8. The molecule has 0 unspecified atom stereocenters. The van der Waals surface area contributed by atoms with Crippen LogP contribution in [0.5, 0.6) is 11.5 Å². The Kier molecular flexibility index (Phi) is 3.81. The zero-order valence-electron chi connectivity index (χ0n) is 10.9. The molecule has 0 amide bonds. The van der Waals surface area contributed by atoms with Gasteiger partial charge in [0.1, 0.15) is 17.3 Å². The van der Waals surface area contributed by atoms with Gasteiger partial charge in [-0.15, -0.1) is 11.8 Å². The van der Waals surface area contributed by atoms with Gasteiger partial charge in [0, 0.05) is 5.56 Å². The first-order chi connectivity index (χ1) is 8.69. The molecule has 0 atom stereocenters. The highest BCUT2D eigenvalue weighted by Crippen LogP contribution is 2.38. The van der Waals surface area contributed by atoms with Crippen molar-refractivity contribution in [3.8, 4) is 22.8 Å². The van der Waals surface area contributed by atoms with Gasteiger partial charge < -0.3 is 14.5 Å². The topological polar surface area (TPSA) is 47.1 Å². The molecule has 2 aromatic rings. The smallest absolute Gasteiger partial charge is 0.133 e. The summed E-state index contributed by atoms with van der Waals surface area (Å²) in [5, 5.41) is 0. The fraction of sp³-hybridized carbons (Fsp3) is 0.308. The molecular formula is C13H16N2O2S. The van der Waals surface area contributed by atoms with Crippen LogP contribution in [0.4, 0.5) is 0 Å². The van der Waals surface area contributed by atoms with Crippen molar-refractivity contribution in [1.82, 2.24) is 9.97 Å². The first-order valence-electron chi connectivity index (χ1n) is 5.51. The number of benzene rings is 1. The van der Waals surface area contributed by atoms with Gasteiger partial charge in [0.05, 0.1) is 31.0 Å². The third-order valence-electron chi connectivity index (χ3n) is 2.70. The predicted molar refractivity (Wildman–Crippen MR) is 73.6 cm³/mol. The van der Waals surface area contributed by atoms with Crippen molar-refractivity contribution in [3.63, 3.8) is 0 Å². The molecule has 1 aromatic carbocycles. The highest BCUT2D eigenvalue weighted by Gasteiger charge is 2.13. The summed E-state index contributed by atoms with van der Waals surface area (Å²) in [6, 6.07) is 3.95. The van der Waals surface area contributed by atoms with Gasteiger partial charge in [-0.05, 0) is 25.3 Å². The molecule has 1 heterocycles. The zero-order valence-corrected chi connectivity index (χ0v) is 11.7. The molecule has 0 bridgehead atoms. The number of methoxy groups -OCH3 is 2. The summed E-state index contributed by atoms with van der Waals surface area (Å²) in [5.41, 5.74) is 1.88. The number of ether oxygens (including phenoxy) is 2. The average Bonchev–Trinajstić information content (AvgIpc) is 2.83. The Bertz CT molecular complexity index is 552. The second-order valence-corrected chi connectivity index (χ2v) is 4.64. The number of aromatic amines is 1. The van der Waals surface area contributed by atoms with Crippen molar-refractivity contribution >= 4 is 11.8 Å². The van der Waals surface area contributed by atoms with Gasteiger partial charge in [-0.1, -0.05) is 0 Å². The maximum absolute atomic E-state index is 5.43. The SMILES string of the molecule is COc1cc(-c2cnc(C)[nH]2)c(OC)cc1SC. The van der Waals surface area contributed by atoms with E-state index in [1.807, 2.05) is 25.3 Å². The lowest BCUT2D eigenvalue weighted by Crippen LogP contribution is -1.93. The number of thioether (sulfide) groups is 1. The fourth-order valence-corrected chi connectivity index (χ4v) is 2.37. The van der Waals surface area contributed by atoms with E-state index in [4.69, 9.17) is 9.47 Å². The molecule has 0 saturated heterocycles. The molecule has 0 aliphatic carbocycles. The van der Waals surface area contributed by atoms with Gasteiger partial charge in [-0.3, -0.25) is 0 Å². The maximum atomic E-state index is 5.43. The van der Waals surface area contributed by atoms with Gasteiger partial charge in [-0.2, -0.15) is 0 Å². The summed E-state index contributed by atoms with van der Waals surface area (Å²) in [6.07, 6.45) is 3.81. The van der Waals surface area contributed by atoms with Crippen LogP contribution in [0.3, 0.4) is 0 Å². The van der Waals surface area contributed by atoms with Crippen LogP contribution in [-0.2, 0) is 0 Å². The Morgan fingerprint density at radius 1 is 1.17 bits per heavy atom. The molecule has 0 aliphatic heterocycles. The summed E-state index contributed by atoms with van der Waals surface area (Å²) in [7, 11) is 3.34. The van der Waals surface area contributed by atoms with Crippen LogP contribution in [0.25, 0.3) is 11.3 Å². The number of nitrogens with one attached hydrogen (secondary N) is 1. The molecule has 18 heavy (non-hydrogen) atoms. The molecular weight excluding hydrogens is 248 g/mol. The van der Waals surface area contributed by atoms with Gasteiger partial charge in [-0.25, -0.2) is 4.98 Å². The lowest BCUT2D eigenvalue weighted by atomic mass is 10.1. The number of rotatable bonds is 4. The van der Waals surface area contributed by atoms with E-state index in [1.165, 1.54) is 0 Å². The van der Waals surface area contributed by atoms with E-state index >= 15 is 0 Å². The third kappa shape index (κ3) is 2.31. The van der Waals surface area contributed by atoms with Crippen LogP contribution < -0.4 is 9.47 Å². The number of aryl methyl sites for hydroxylation is 1. The van der Waals surface area contributed by atoms with Gasteiger partial charge in [0.15, 0.2) is 0 Å². The van der Waals surface area contributed by atoms with Crippen LogP contribution in [0.2, 0.25) is 0 Å². The zero-order chi connectivity index (χ0) is 13.1. The number of imidazole rings is 1. The lowest BCUT2D eigenvalue weighted by Gasteiger charge is -2.12. The highest BCUT2D eigenvalue weighted by molar-refractivity contribution is 7.98. The quantitative estimate of drug-likeness (QED) is 0.862. The van der Waals surface area contributed by atoms with Crippen LogP contribution in [0.1, 0.15) is 5.82 Å². The van der Waals surface area contributed by atoms with Crippen LogP contribution in [-0.4, -0.2) is 30.4 Å². The van der Waals surface area contributed by atoms with E-state index in [-0.39, 0.29) is 0 Å². The number of hydrogen-bond donors (Lipinski definition) is 1. The summed E-state index contributed by atoms with van der Waals surface area (Å²) in [4.78, 5) is 8.46. The monoisotopic (exact) mass is 264 g/mol. The average molecular weight is 264 g/mol. The number of aromatic nitrogens is 2. The number of hydrogen-bond acceptors (Lipinski definition) is 4. The van der Waals surface area contributed by atoms with Crippen molar-refractivity contribution in [2.24, 2.45) is 0 Å². The molecule has 4 nitrogen and oxygen atoms in total. The van der Waals surface area contributed by atoms with Gasteiger partial charge >= 0.3 is 0 Å². The second-order valence-electron chi connectivity index (χ2n) is 3.79. The minimum Gasteiger partial charge on any atom is -0.496 e. The summed E-state index contributed by atoms with van der Waals surface area (Å²) < 4.78 is 10.8. The fourth-order valence-electron chi connectivity index (χ4n) is 1.80. The third-order valence-corrected chi connectivity index (χ3v) is 3.46. The van der Waals surface area contributed by atoms with E-state index in [0.29, 0.717) is 0 Å². The Hall–Kier alpha value is -1.62. The number of H-pyrrole nitrogens is 1. The van der Waals surface area contributed by atoms with Crippen molar-refractivity contribution in [2.75, 3.05) is 20.5 Å². The van der Waals surface area contributed by atoms with Crippen molar-refractivity contribution < 1.29 is 9.47 Å². The van der Waals surface area contributed by atoms with Gasteiger partial charge in [0.25, 0.3) is 0 Å². The lowest BCUT2D eigenvalue weighted by molar-refractivity contribution is 0.395. The molecule has 0 spiro atoms. The van der Waals surface area contributed by atoms with Crippen molar-refractivity contribution in [1.29, 1.82) is 0 Å². The van der Waals surface area contributed by atoms with Gasteiger partial charge in [0.2, 0.25) is 0 Å². The molecule has 1 N–H and O–H groups in total.